The van der Waals surface area contributed by atoms with Crippen LogP contribution in [0.5, 0.6) is 11.5 Å². The minimum atomic E-state index is -0.562. The number of anilines is 2. The summed E-state index contributed by atoms with van der Waals surface area (Å²) in [5.41, 5.74) is 2.90. The van der Waals surface area contributed by atoms with Crippen molar-refractivity contribution in [3.63, 3.8) is 0 Å². The van der Waals surface area contributed by atoms with E-state index < -0.39 is 23.6 Å². The fourth-order valence-corrected chi connectivity index (χ4v) is 5.21. The molecule has 1 heterocycles. The molecule has 4 rings (SSSR count). The number of amides is 4. The molecule has 42 heavy (non-hydrogen) atoms. The molecule has 0 spiro atoms. The summed E-state index contributed by atoms with van der Waals surface area (Å²) < 4.78 is 12.3. The Labute approximate surface area is 256 Å². The molecule has 1 fully saturated rings. The molecule has 1 aliphatic rings. The molecular weight excluding hydrogens is 622 g/mol. The maximum absolute atomic E-state index is 13.0. The highest BCUT2D eigenvalue weighted by atomic mass is 79.9. The molecule has 1 saturated heterocycles. The van der Waals surface area contributed by atoms with E-state index >= 15 is 0 Å². The molecule has 218 valence electrons. The number of hydrogen-bond acceptors (Lipinski definition) is 7. The van der Waals surface area contributed by atoms with Crippen LogP contribution in [0, 0.1) is 0 Å². The lowest BCUT2D eigenvalue weighted by Gasteiger charge is -2.15. The number of nitrogens with zero attached hydrogens (tertiary/aromatic N) is 1. The number of benzene rings is 3. The molecule has 2 N–H and O–H groups in total. The lowest BCUT2D eigenvalue weighted by atomic mass is 10.0. The largest absolute Gasteiger partial charge is 0.490 e. The van der Waals surface area contributed by atoms with Gasteiger partial charge < -0.3 is 20.1 Å². The molecule has 0 aliphatic carbocycles. The first-order valence-corrected chi connectivity index (χ1v) is 14.8. The van der Waals surface area contributed by atoms with Crippen molar-refractivity contribution in [1.82, 2.24) is 4.90 Å². The molecule has 0 unspecified atom stereocenters. The van der Waals surface area contributed by atoms with Gasteiger partial charge in [-0.15, -0.1) is 0 Å². The quantitative estimate of drug-likeness (QED) is 0.223. The zero-order valence-electron chi connectivity index (χ0n) is 23.3. The Morgan fingerprint density at radius 3 is 2.40 bits per heavy atom. The van der Waals surface area contributed by atoms with Crippen LogP contribution in [0.3, 0.4) is 0 Å². The summed E-state index contributed by atoms with van der Waals surface area (Å²) in [6, 6.07) is 19.6. The Kier molecular flexibility index (Phi) is 10.4. The number of nitrogens with one attached hydrogen (secondary N) is 2. The Morgan fingerprint density at radius 1 is 0.952 bits per heavy atom. The Morgan fingerprint density at radius 2 is 1.69 bits per heavy atom. The van der Waals surface area contributed by atoms with Crippen LogP contribution in [0.2, 0.25) is 0 Å². The van der Waals surface area contributed by atoms with Gasteiger partial charge in [-0.3, -0.25) is 24.1 Å². The molecule has 0 aromatic heterocycles. The van der Waals surface area contributed by atoms with Crippen molar-refractivity contribution in [2.24, 2.45) is 0 Å². The number of ether oxygens (including phenoxy) is 2. The molecule has 1 aliphatic heterocycles. The summed E-state index contributed by atoms with van der Waals surface area (Å²) in [6.45, 7) is 5.64. The predicted molar refractivity (Wildman–Crippen MR) is 168 cm³/mol. The number of halogens is 1. The minimum absolute atomic E-state index is 0.177. The highest BCUT2D eigenvalue weighted by molar-refractivity contribution is 9.10. The first-order valence-electron chi connectivity index (χ1n) is 13.2. The van der Waals surface area contributed by atoms with Crippen molar-refractivity contribution in [1.29, 1.82) is 0 Å². The fraction of sp³-hybridized carbons (Fsp3) is 0.226. The number of carbonyl (C=O) groups is 4. The van der Waals surface area contributed by atoms with Gasteiger partial charge in [-0.1, -0.05) is 54.0 Å². The fourth-order valence-electron chi connectivity index (χ4n) is 4.11. The standard InChI is InChI=1S/C31H30BrN3O6S/c1-4-40-26-15-20(9-14-25(26)41-18-29(37)34-24-8-6-5-7-23(24)19(2)3)16-27-30(38)35(31(39)42-27)17-28(36)33-22-12-10-21(32)11-13-22/h5-16,19H,4,17-18H2,1-3H3,(H,33,36)(H,34,37)/b27-16+. The molecule has 0 radical (unpaired) electrons. The van der Waals surface area contributed by atoms with Gasteiger partial charge in [-0.25, -0.2) is 0 Å². The van der Waals surface area contributed by atoms with Gasteiger partial charge >= 0.3 is 0 Å². The third kappa shape index (κ3) is 8.01. The summed E-state index contributed by atoms with van der Waals surface area (Å²) in [5.74, 6) is -0.373. The van der Waals surface area contributed by atoms with Gasteiger partial charge in [0.15, 0.2) is 18.1 Å². The predicted octanol–water partition coefficient (Wildman–Crippen LogP) is 6.66. The molecule has 4 amide bonds. The van der Waals surface area contributed by atoms with E-state index in [0.717, 1.165) is 32.4 Å². The highest BCUT2D eigenvalue weighted by Gasteiger charge is 2.36. The van der Waals surface area contributed by atoms with E-state index in [4.69, 9.17) is 9.47 Å². The monoisotopic (exact) mass is 651 g/mol. The number of rotatable bonds is 11. The van der Waals surface area contributed by atoms with E-state index in [9.17, 15) is 19.2 Å². The van der Waals surface area contributed by atoms with Crippen molar-refractivity contribution < 1.29 is 28.7 Å². The normalized spacial score (nSPS) is 13.9. The lowest BCUT2D eigenvalue weighted by molar-refractivity contribution is -0.127. The summed E-state index contributed by atoms with van der Waals surface area (Å²) in [7, 11) is 0. The van der Waals surface area contributed by atoms with E-state index in [1.165, 1.54) is 0 Å². The van der Waals surface area contributed by atoms with Crippen LogP contribution in [0.25, 0.3) is 6.08 Å². The minimum Gasteiger partial charge on any atom is -0.490 e. The van der Waals surface area contributed by atoms with Gasteiger partial charge in [-0.05, 0) is 84.3 Å². The second-order valence-corrected chi connectivity index (χ2v) is 11.4. The van der Waals surface area contributed by atoms with Gasteiger partial charge in [0.25, 0.3) is 17.1 Å². The molecule has 3 aromatic rings. The first-order chi connectivity index (χ1) is 20.1. The number of imide groups is 1. The molecule has 0 bridgehead atoms. The molecule has 0 atom stereocenters. The van der Waals surface area contributed by atoms with Gasteiger partial charge in [0.1, 0.15) is 6.54 Å². The van der Waals surface area contributed by atoms with E-state index in [0.29, 0.717) is 29.4 Å². The Balaban J connectivity index is 1.40. The topological polar surface area (TPSA) is 114 Å². The van der Waals surface area contributed by atoms with Crippen LogP contribution in [-0.4, -0.2) is 47.6 Å². The SMILES string of the molecule is CCOc1cc(/C=C2/SC(=O)N(CC(=O)Nc3ccc(Br)cc3)C2=O)ccc1OCC(=O)Nc1ccccc1C(C)C. The van der Waals surface area contributed by atoms with Crippen LogP contribution in [0.1, 0.15) is 37.8 Å². The van der Waals surface area contributed by atoms with Gasteiger partial charge in [-0.2, -0.15) is 0 Å². The van der Waals surface area contributed by atoms with Crippen molar-refractivity contribution >= 4 is 68.1 Å². The van der Waals surface area contributed by atoms with Gasteiger partial charge in [0.05, 0.1) is 11.5 Å². The number of thioether (sulfide) groups is 1. The number of carbonyl (C=O) groups excluding carboxylic acids is 4. The Bertz CT molecular complexity index is 1520. The molecule has 0 saturated carbocycles. The van der Waals surface area contributed by atoms with Crippen molar-refractivity contribution in [3.05, 3.63) is 87.2 Å². The van der Waals surface area contributed by atoms with Crippen molar-refractivity contribution in [3.8, 4) is 11.5 Å². The van der Waals surface area contributed by atoms with E-state index in [1.807, 2.05) is 31.2 Å². The maximum Gasteiger partial charge on any atom is 0.294 e. The molecule has 3 aromatic carbocycles. The van der Waals surface area contributed by atoms with Crippen LogP contribution in [0.15, 0.2) is 76.1 Å². The average Bonchev–Trinajstić information content (AvgIpc) is 3.21. The van der Waals surface area contributed by atoms with Crippen LogP contribution in [0.4, 0.5) is 16.2 Å². The molecule has 9 nitrogen and oxygen atoms in total. The highest BCUT2D eigenvalue weighted by Crippen LogP contribution is 2.35. The zero-order chi connectivity index (χ0) is 30.2. The number of para-hydroxylation sites is 1. The summed E-state index contributed by atoms with van der Waals surface area (Å²) >= 11 is 4.08. The molecular formula is C31H30BrN3O6S. The molecule has 11 heteroatoms. The average molecular weight is 653 g/mol. The summed E-state index contributed by atoms with van der Waals surface area (Å²) in [6.07, 6.45) is 1.55. The first kappa shape index (κ1) is 30.9. The number of hydrogen-bond donors (Lipinski definition) is 2. The lowest BCUT2D eigenvalue weighted by Crippen LogP contribution is -2.36. The third-order valence-electron chi connectivity index (χ3n) is 6.08. The maximum atomic E-state index is 13.0. The second-order valence-electron chi connectivity index (χ2n) is 9.54. The van der Waals surface area contributed by atoms with E-state index in [2.05, 4.69) is 40.4 Å². The van der Waals surface area contributed by atoms with Crippen molar-refractivity contribution in [2.45, 2.75) is 26.7 Å². The van der Waals surface area contributed by atoms with Crippen LogP contribution < -0.4 is 20.1 Å². The van der Waals surface area contributed by atoms with Gasteiger partial charge in [0, 0.05) is 15.8 Å². The smallest absolute Gasteiger partial charge is 0.294 e. The third-order valence-corrected chi connectivity index (χ3v) is 7.52. The van der Waals surface area contributed by atoms with Gasteiger partial charge in [0.2, 0.25) is 5.91 Å². The van der Waals surface area contributed by atoms with Crippen molar-refractivity contribution in [2.75, 3.05) is 30.4 Å². The zero-order valence-corrected chi connectivity index (χ0v) is 25.7. The van der Waals surface area contributed by atoms with Crippen LogP contribution in [-0.2, 0) is 14.4 Å². The van der Waals surface area contributed by atoms with Crippen LogP contribution >= 0.6 is 27.7 Å². The summed E-state index contributed by atoms with van der Waals surface area (Å²) in [4.78, 5) is 51.7. The second kappa shape index (κ2) is 14.2. The van der Waals surface area contributed by atoms with E-state index in [-0.39, 0.29) is 23.3 Å². The Hall–Kier alpha value is -4.09. The van der Waals surface area contributed by atoms with E-state index in [1.54, 1.807) is 48.5 Å². The summed E-state index contributed by atoms with van der Waals surface area (Å²) in [5, 5.41) is 5.04.